The highest BCUT2D eigenvalue weighted by atomic mass is 16.5. The quantitative estimate of drug-likeness (QED) is 0.388. The summed E-state index contributed by atoms with van der Waals surface area (Å²) in [7, 11) is 0. The van der Waals surface area contributed by atoms with Gasteiger partial charge in [0.15, 0.2) is 11.6 Å². The third-order valence-electron chi connectivity index (χ3n) is 4.93. The number of rotatable bonds is 6. The van der Waals surface area contributed by atoms with E-state index >= 15 is 0 Å². The number of hydrogen-bond donors (Lipinski definition) is 1. The fraction of sp³-hybridized carbons (Fsp3) is 0.0400. The van der Waals surface area contributed by atoms with Crippen LogP contribution in [-0.4, -0.2) is 26.6 Å². The predicted molar refractivity (Wildman–Crippen MR) is 121 cm³/mol. The van der Waals surface area contributed by atoms with Crippen LogP contribution in [-0.2, 0) is 11.3 Å². The first-order valence-electron chi connectivity index (χ1n) is 10.2. The van der Waals surface area contributed by atoms with Crippen LogP contribution in [0.1, 0.15) is 26.5 Å². The molecule has 0 bridgehead atoms. The maximum absolute atomic E-state index is 12.9. The molecule has 33 heavy (non-hydrogen) atoms. The summed E-state index contributed by atoms with van der Waals surface area (Å²) in [5.74, 6) is -0.566. The van der Waals surface area contributed by atoms with Crippen LogP contribution in [0.25, 0.3) is 16.8 Å². The number of fused-ring (bicyclic) bond motifs is 1. The molecular formula is C25H18N4O4. The van der Waals surface area contributed by atoms with E-state index in [4.69, 9.17) is 9.15 Å². The molecule has 0 spiro atoms. The van der Waals surface area contributed by atoms with E-state index in [1.54, 1.807) is 42.7 Å². The van der Waals surface area contributed by atoms with Crippen LogP contribution < -0.4 is 5.32 Å². The average Bonchev–Trinajstić information content (AvgIpc) is 3.53. The maximum Gasteiger partial charge on any atom is 0.342 e. The Kier molecular flexibility index (Phi) is 5.38. The van der Waals surface area contributed by atoms with Crippen molar-refractivity contribution in [1.29, 1.82) is 0 Å². The van der Waals surface area contributed by atoms with Gasteiger partial charge in [-0.3, -0.25) is 4.79 Å². The largest absolute Gasteiger partial charge is 0.457 e. The molecule has 5 aromatic rings. The first kappa shape index (κ1) is 20.2. The van der Waals surface area contributed by atoms with Gasteiger partial charge in [0.25, 0.3) is 5.91 Å². The second-order valence-electron chi connectivity index (χ2n) is 7.18. The summed E-state index contributed by atoms with van der Waals surface area (Å²) in [6.07, 6.45) is 3.32. The Morgan fingerprint density at radius 1 is 0.970 bits per heavy atom. The molecule has 2 aromatic carbocycles. The lowest BCUT2D eigenvalue weighted by molar-refractivity contribution is 0.0473. The molecule has 0 unspecified atom stereocenters. The highest BCUT2D eigenvalue weighted by Gasteiger charge is 2.20. The molecule has 0 aliphatic carbocycles. The van der Waals surface area contributed by atoms with Crippen molar-refractivity contribution in [3.05, 3.63) is 108 Å². The highest BCUT2D eigenvalue weighted by Crippen LogP contribution is 2.22. The Morgan fingerprint density at radius 2 is 1.79 bits per heavy atom. The number of esters is 1. The fourth-order valence-electron chi connectivity index (χ4n) is 3.30. The molecule has 1 N–H and O–H groups in total. The van der Waals surface area contributed by atoms with Gasteiger partial charge in [-0.2, -0.15) is 5.10 Å². The number of nitrogens with zero attached hydrogens (tertiary/aromatic N) is 3. The molecule has 0 saturated carbocycles. The first-order valence-corrected chi connectivity index (χ1v) is 10.2. The number of anilines is 1. The van der Waals surface area contributed by atoms with E-state index in [2.05, 4.69) is 15.4 Å². The fourth-order valence-corrected chi connectivity index (χ4v) is 3.30. The standard InChI is InChI=1S/C25H18N4O4/c30-24(21-15-18-9-4-5-10-20(18)33-21)28-23-19(11-12-22(27-23)29-14-6-13-26-29)25(31)32-16-17-7-2-1-3-8-17/h1-15H,16H2,(H,27,28,30). The number of amides is 1. The van der Waals surface area contributed by atoms with Crippen LogP contribution in [0.15, 0.2) is 95.7 Å². The number of carbonyl (C=O) groups excluding carboxylic acids is 2. The Hall–Kier alpha value is -4.72. The second-order valence-corrected chi connectivity index (χ2v) is 7.18. The number of carbonyl (C=O) groups is 2. The lowest BCUT2D eigenvalue weighted by Crippen LogP contribution is -2.18. The third kappa shape index (κ3) is 4.35. The number of aromatic nitrogens is 3. The lowest BCUT2D eigenvalue weighted by atomic mass is 10.2. The van der Waals surface area contributed by atoms with Crippen molar-refractivity contribution in [3.8, 4) is 5.82 Å². The van der Waals surface area contributed by atoms with Gasteiger partial charge in [0.1, 0.15) is 23.6 Å². The number of benzene rings is 2. The smallest absolute Gasteiger partial charge is 0.342 e. The molecule has 1 amide bonds. The number of hydrogen-bond acceptors (Lipinski definition) is 6. The van der Waals surface area contributed by atoms with Gasteiger partial charge in [-0.05, 0) is 35.9 Å². The van der Waals surface area contributed by atoms with Crippen LogP contribution in [0.2, 0.25) is 0 Å². The summed E-state index contributed by atoms with van der Waals surface area (Å²) in [6, 6.07) is 23.2. The van der Waals surface area contributed by atoms with Crippen molar-refractivity contribution in [2.24, 2.45) is 0 Å². The van der Waals surface area contributed by atoms with Crippen molar-refractivity contribution in [1.82, 2.24) is 14.8 Å². The molecule has 0 saturated heterocycles. The van der Waals surface area contributed by atoms with Gasteiger partial charge < -0.3 is 14.5 Å². The normalized spacial score (nSPS) is 10.8. The summed E-state index contributed by atoms with van der Waals surface area (Å²) in [4.78, 5) is 30.2. The third-order valence-corrected chi connectivity index (χ3v) is 4.93. The van der Waals surface area contributed by atoms with Crippen molar-refractivity contribution >= 4 is 28.7 Å². The molecule has 8 nitrogen and oxygen atoms in total. The lowest BCUT2D eigenvalue weighted by Gasteiger charge is -2.11. The average molecular weight is 438 g/mol. The number of pyridine rings is 1. The number of para-hydroxylation sites is 1. The molecule has 0 atom stereocenters. The van der Waals surface area contributed by atoms with Gasteiger partial charge in [0.2, 0.25) is 0 Å². The van der Waals surface area contributed by atoms with Crippen LogP contribution in [0.3, 0.4) is 0 Å². The molecule has 162 valence electrons. The van der Waals surface area contributed by atoms with Crippen LogP contribution in [0, 0.1) is 0 Å². The summed E-state index contributed by atoms with van der Waals surface area (Å²) in [5, 5.41) is 7.63. The van der Waals surface area contributed by atoms with Crippen molar-refractivity contribution in [2.75, 3.05) is 5.32 Å². The van der Waals surface area contributed by atoms with E-state index in [0.717, 1.165) is 10.9 Å². The van der Waals surface area contributed by atoms with Gasteiger partial charge >= 0.3 is 5.97 Å². The zero-order chi connectivity index (χ0) is 22.6. The van der Waals surface area contributed by atoms with Crippen molar-refractivity contribution < 1.29 is 18.7 Å². The van der Waals surface area contributed by atoms with Gasteiger partial charge in [0.05, 0.1) is 0 Å². The van der Waals surface area contributed by atoms with Gasteiger partial charge in [-0.25, -0.2) is 14.5 Å². The zero-order valence-corrected chi connectivity index (χ0v) is 17.3. The minimum atomic E-state index is -0.613. The van der Waals surface area contributed by atoms with Crippen LogP contribution in [0.4, 0.5) is 5.82 Å². The Labute approximate surface area is 188 Å². The van der Waals surface area contributed by atoms with Crippen molar-refractivity contribution in [2.45, 2.75) is 6.61 Å². The van der Waals surface area contributed by atoms with E-state index in [1.807, 2.05) is 48.5 Å². The Bertz CT molecular complexity index is 1390. The molecule has 3 aromatic heterocycles. The van der Waals surface area contributed by atoms with E-state index < -0.39 is 11.9 Å². The number of ether oxygens (including phenoxy) is 1. The molecule has 0 aliphatic rings. The molecule has 5 rings (SSSR count). The van der Waals surface area contributed by atoms with Crippen molar-refractivity contribution in [3.63, 3.8) is 0 Å². The van der Waals surface area contributed by atoms with E-state index in [0.29, 0.717) is 11.4 Å². The Morgan fingerprint density at radius 3 is 2.58 bits per heavy atom. The monoisotopic (exact) mass is 438 g/mol. The minimum absolute atomic E-state index is 0.0477. The minimum Gasteiger partial charge on any atom is -0.457 e. The molecular weight excluding hydrogens is 420 g/mol. The molecule has 0 radical (unpaired) electrons. The number of nitrogens with one attached hydrogen (secondary N) is 1. The van der Waals surface area contributed by atoms with Gasteiger partial charge in [-0.15, -0.1) is 0 Å². The highest BCUT2D eigenvalue weighted by molar-refractivity contribution is 6.07. The molecule has 3 heterocycles. The van der Waals surface area contributed by atoms with E-state index in [1.165, 1.54) is 4.68 Å². The van der Waals surface area contributed by atoms with E-state index in [9.17, 15) is 9.59 Å². The first-order chi connectivity index (χ1) is 16.2. The predicted octanol–water partition coefficient (Wildman–Crippen LogP) is 4.62. The summed E-state index contributed by atoms with van der Waals surface area (Å²) < 4.78 is 12.6. The molecule has 8 heteroatoms. The van der Waals surface area contributed by atoms with Gasteiger partial charge in [0, 0.05) is 17.8 Å². The molecule has 0 aliphatic heterocycles. The Balaban J connectivity index is 1.44. The van der Waals surface area contributed by atoms with E-state index in [-0.39, 0.29) is 23.7 Å². The second kappa shape index (κ2) is 8.80. The maximum atomic E-state index is 12.9. The van der Waals surface area contributed by atoms with Crippen LogP contribution in [0.5, 0.6) is 0 Å². The SMILES string of the molecule is O=C(Nc1nc(-n2cccn2)ccc1C(=O)OCc1ccccc1)c1cc2ccccc2o1. The summed E-state index contributed by atoms with van der Waals surface area (Å²) >= 11 is 0. The zero-order valence-electron chi connectivity index (χ0n) is 17.3. The summed E-state index contributed by atoms with van der Waals surface area (Å²) in [5.41, 5.74) is 1.55. The van der Waals surface area contributed by atoms with Gasteiger partial charge in [-0.1, -0.05) is 48.5 Å². The number of furan rings is 1. The molecule has 0 fully saturated rings. The summed E-state index contributed by atoms with van der Waals surface area (Å²) in [6.45, 7) is 0.0948. The topological polar surface area (TPSA) is 99.2 Å². The van der Waals surface area contributed by atoms with Crippen LogP contribution >= 0.6 is 0 Å².